The quantitative estimate of drug-likeness (QED) is 0.189. The smallest absolute Gasteiger partial charge is 0.342 e. The van der Waals surface area contributed by atoms with Crippen LogP contribution < -0.4 is 4.74 Å². The molecule has 0 spiro atoms. The number of benzene rings is 1. The van der Waals surface area contributed by atoms with Gasteiger partial charge in [0.2, 0.25) is 0 Å². The number of allylic oxidation sites excluding steroid dienone is 5. The van der Waals surface area contributed by atoms with Crippen LogP contribution in [0.5, 0.6) is 5.75 Å². The molecule has 0 heterocycles. The van der Waals surface area contributed by atoms with E-state index in [1.165, 1.54) is 25.7 Å². The highest BCUT2D eigenvalue weighted by molar-refractivity contribution is 5.94. The van der Waals surface area contributed by atoms with E-state index in [-0.39, 0.29) is 5.97 Å². The molecule has 0 bridgehead atoms. The van der Waals surface area contributed by atoms with Gasteiger partial charge < -0.3 is 9.47 Å². The average Bonchev–Trinajstić information content (AvgIpc) is 2.71. The number of methoxy groups -OCH3 is 1. The Bertz CT molecular complexity index is 629. The third kappa shape index (κ3) is 9.59. The molecule has 0 saturated heterocycles. The normalized spacial score (nSPS) is 11.2. The van der Waals surface area contributed by atoms with Gasteiger partial charge in [0.25, 0.3) is 0 Å². The first-order valence-electron chi connectivity index (χ1n) is 10.5. The summed E-state index contributed by atoms with van der Waals surface area (Å²) in [7, 11) is 1.59. The van der Waals surface area contributed by atoms with Crippen LogP contribution in [0.4, 0.5) is 0 Å². The Kier molecular flexibility index (Phi) is 13.3. The molecule has 3 heteroatoms. The minimum absolute atomic E-state index is 0.291. The summed E-state index contributed by atoms with van der Waals surface area (Å²) in [6, 6.07) is 5.76. The third-order valence-corrected chi connectivity index (χ3v) is 4.54. The topological polar surface area (TPSA) is 35.5 Å². The van der Waals surface area contributed by atoms with Crippen LogP contribution in [-0.2, 0) is 11.2 Å². The summed E-state index contributed by atoms with van der Waals surface area (Å²) in [5, 5.41) is 0. The first-order chi connectivity index (χ1) is 13.7. The van der Waals surface area contributed by atoms with Gasteiger partial charge in [0.15, 0.2) is 0 Å². The van der Waals surface area contributed by atoms with E-state index in [1.54, 1.807) is 7.11 Å². The SMILES string of the molecule is C=CC/C=C\C/C=C\CCCCCCCc1cccc(OC)c1C(=O)OCC. The summed E-state index contributed by atoms with van der Waals surface area (Å²) in [6.45, 7) is 5.89. The van der Waals surface area contributed by atoms with Gasteiger partial charge in [-0.25, -0.2) is 4.79 Å². The Morgan fingerprint density at radius 2 is 1.71 bits per heavy atom. The number of rotatable bonds is 15. The summed E-state index contributed by atoms with van der Waals surface area (Å²) in [5.74, 6) is 0.308. The van der Waals surface area contributed by atoms with Crippen molar-refractivity contribution in [2.24, 2.45) is 0 Å². The van der Waals surface area contributed by atoms with E-state index in [4.69, 9.17) is 9.47 Å². The molecule has 0 N–H and O–H groups in total. The Hall–Kier alpha value is -2.29. The van der Waals surface area contributed by atoms with E-state index in [9.17, 15) is 4.79 Å². The van der Waals surface area contributed by atoms with Gasteiger partial charge in [0.1, 0.15) is 11.3 Å². The Labute approximate surface area is 171 Å². The van der Waals surface area contributed by atoms with Crippen LogP contribution in [0.2, 0.25) is 0 Å². The number of carbonyl (C=O) groups excluding carboxylic acids is 1. The van der Waals surface area contributed by atoms with Crippen molar-refractivity contribution >= 4 is 5.97 Å². The maximum absolute atomic E-state index is 12.3. The maximum atomic E-state index is 12.3. The second-order valence-electron chi connectivity index (χ2n) is 6.72. The molecule has 28 heavy (non-hydrogen) atoms. The lowest BCUT2D eigenvalue weighted by atomic mass is 9.99. The van der Waals surface area contributed by atoms with Crippen molar-refractivity contribution in [3.8, 4) is 5.75 Å². The van der Waals surface area contributed by atoms with E-state index < -0.39 is 0 Å². The number of aryl methyl sites for hydroxylation is 1. The highest BCUT2D eigenvalue weighted by atomic mass is 16.5. The molecule has 0 unspecified atom stereocenters. The molecule has 1 aromatic rings. The third-order valence-electron chi connectivity index (χ3n) is 4.54. The highest BCUT2D eigenvalue weighted by Gasteiger charge is 2.17. The summed E-state index contributed by atoms with van der Waals surface area (Å²) in [6.07, 6.45) is 20.7. The van der Waals surface area contributed by atoms with Crippen molar-refractivity contribution in [2.45, 2.75) is 64.7 Å². The van der Waals surface area contributed by atoms with Gasteiger partial charge in [-0.3, -0.25) is 0 Å². The maximum Gasteiger partial charge on any atom is 0.342 e. The Balaban J connectivity index is 2.27. The summed E-state index contributed by atoms with van der Waals surface area (Å²) >= 11 is 0. The number of ether oxygens (including phenoxy) is 2. The van der Waals surface area contributed by atoms with Crippen LogP contribution in [0.25, 0.3) is 0 Å². The average molecular weight is 385 g/mol. The van der Waals surface area contributed by atoms with E-state index in [1.807, 2.05) is 31.2 Å². The van der Waals surface area contributed by atoms with Crippen LogP contribution in [0.3, 0.4) is 0 Å². The standard InChI is InChI=1S/C25H36O3/c1-4-6-7-8-9-10-11-12-13-14-15-16-17-19-22-20-18-21-23(27-3)24(22)25(26)28-5-2/h4,7-8,10-11,18,20-21H,1,5-6,9,12-17,19H2,2-3H3/b8-7-,11-10-. The highest BCUT2D eigenvalue weighted by Crippen LogP contribution is 2.25. The molecule has 154 valence electrons. The molecule has 0 aromatic heterocycles. The van der Waals surface area contributed by atoms with Crippen LogP contribution in [0, 0.1) is 0 Å². The molecular weight excluding hydrogens is 348 g/mol. The molecule has 1 rings (SSSR count). The molecule has 0 aliphatic rings. The predicted octanol–water partition coefficient (Wildman–Crippen LogP) is 6.83. The number of carbonyl (C=O) groups is 1. The molecule has 0 aliphatic carbocycles. The van der Waals surface area contributed by atoms with E-state index in [2.05, 4.69) is 30.9 Å². The number of hydrogen-bond donors (Lipinski definition) is 0. The van der Waals surface area contributed by atoms with Crippen molar-refractivity contribution in [1.29, 1.82) is 0 Å². The molecule has 1 aromatic carbocycles. The first-order valence-corrected chi connectivity index (χ1v) is 10.5. The molecule has 3 nitrogen and oxygen atoms in total. The van der Waals surface area contributed by atoms with Crippen molar-refractivity contribution in [3.05, 3.63) is 66.3 Å². The molecule has 0 saturated carbocycles. The second kappa shape index (κ2) is 15.7. The van der Waals surface area contributed by atoms with E-state index in [0.717, 1.165) is 37.7 Å². The van der Waals surface area contributed by atoms with Crippen LogP contribution in [0.1, 0.15) is 74.2 Å². The molecule has 0 aliphatic heterocycles. The van der Waals surface area contributed by atoms with Gasteiger partial charge in [0.05, 0.1) is 13.7 Å². The van der Waals surface area contributed by atoms with Crippen LogP contribution in [-0.4, -0.2) is 19.7 Å². The monoisotopic (exact) mass is 384 g/mol. The van der Waals surface area contributed by atoms with Crippen molar-refractivity contribution in [1.82, 2.24) is 0 Å². The fourth-order valence-electron chi connectivity index (χ4n) is 3.08. The van der Waals surface area contributed by atoms with Gasteiger partial charge in [-0.2, -0.15) is 0 Å². The minimum atomic E-state index is -0.291. The van der Waals surface area contributed by atoms with Gasteiger partial charge in [-0.15, -0.1) is 6.58 Å². The summed E-state index contributed by atoms with van der Waals surface area (Å²) < 4.78 is 10.6. The number of esters is 1. The molecular formula is C25H36O3. The summed E-state index contributed by atoms with van der Waals surface area (Å²) in [5.41, 5.74) is 1.60. The van der Waals surface area contributed by atoms with Crippen molar-refractivity contribution in [2.75, 3.05) is 13.7 Å². The van der Waals surface area contributed by atoms with Gasteiger partial charge in [-0.05, 0) is 57.1 Å². The molecule has 0 amide bonds. The van der Waals surface area contributed by atoms with Crippen molar-refractivity contribution in [3.63, 3.8) is 0 Å². The lowest BCUT2D eigenvalue weighted by Gasteiger charge is -2.13. The molecule has 0 radical (unpaired) electrons. The largest absolute Gasteiger partial charge is 0.496 e. The van der Waals surface area contributed by atoms with Crippen molar-refractivity contribution < 1.29 is 14.3 Å². The Morgan fingerprint density at radius 3 is 2.46 bits per heavy atom. The number of hydrogen-bond acceptors (Lipinski definition) is 3. The van der Waals surface area contributed by atoms with Gasteiger partial charge in [-0.1, -0.05) is 61.8 Å². The first kappa shape index (κ1) is 23.7. The lowest BCUT2D eigenvalue weighted by molar-refractivity contribution is 0.0521. The zero-order chi connectivity index (χ0) is 20.5. The fraction of sp³-hybridized carbons (Fsp3) is 0.480. The molecule has 0 atom stereocenters. The van der Waals surface area contributed by atoms with Gasteiger partial charge >= 0.3 is 5.97 Å². The Morgan fingerprint density at radius 1 is 1.00 bits per heavy atom. The lowest BCUT2D eigenvalue weighted by Crippen LogP contribution is -2.10. The zero-order valence-corrected chi connectivity index (χ0v) is 17.6. The number of unbranched alkanes of at least 4 members (excludes halogenated alkanes) is 5. The fourth-order valence-corrected chi connectivity index (χ4v) is 3.08. The van der Waals surface area contributed by atoms with Crippen LogP contribution in [0.15, 0.2) is 55.2 Å². The molecule has 0 fully saturated rings. The van der Waals surface area contributed by atoms with E-state index >= 15 is 0 Å². The van der Waals surface area contributed by atoms with E-state index in [0.29, 0.717) is 17.9 Å². The van der Waals surface area contributed by atoms with Crippen LogP contribution >= 0.6 is 0 Å². The predicted molar refractivity (Wildman–Crippen MR) is 118 cm³/mol. The minimum Gasteiger partial charge on any atom is -0.496 e. The zero-order valence-electron chi connectivity index (χ0n) is 17.6. The van der Waals surface area contributed by atoms with Gasteiger partial charge in [0, 0.05) is 0 Å². The summed E-state index contributed by atoms with van der Waals surface area (Å²) in [4.78, 5) is 12.3. The second-order valence-corrected chi connectivity index (χ2v) is 6.72.